The molecule has 0 radical (unpaired) electrons. The van der Waals surface area contributed by atoms with Crippen molar-refractivity contribution in [3.63, 3.8) is 0 Å². The summed E-state index contributed by atoms with van der Waals surface area (Å²) >= 11 is 0. The van der Waals surface area contributed by atoms with Crippen LogP contribution in [0.2, 0.25) is 0 Å². The molecule has 0 aliphatic rings. The number of para-hydroxylation sites is 1. The zero-order chi connectivity index (χ0) is 13.8. The molecule has 0 aliphatic carbocycles. The number of aryl methyl sites for hydroxylation is 1. The molecular formula is C15H15N5. The Morgan fingerprint density at radius 3 is 2.70 bits per heavy atom. The van der Waals surface area contributed by atoms with Crippen molar-refractivity contribution in [3.05, 3.63) is 60.2 Å². The van der Waals surface area contributed by atoms with Crippen LogP contribution in [-0.2, 0) is 6.54 Å². The van der Waals surface area contributed by atoms with Gasteiger partial charge in [0.25, 0.3) is 0 Å². The maximum absolute atomic E-state index is 4.37. The summed E-state index contributed by atoms with van der Waals surface area (Å²) in [5.74, 6) is 1.51. The first-order chi connectivity index (χ1) is 9.83. The molecule has 3 aromatic rings. The third kappa shape index (κ3) is 2.66. The number of hydrogen-bond acceptors (Lipinski definition) is 4. The Morgan fingerprint density at radius 1 is 1.10 bits per heavy atom. The molecule has 2 N–H and O–H groups in total. The molecule has 0 fully saturated rings. The number of nitrogens with zero attached hydrogens (tertiary/aromatic N) is 3. The first-order valence-corrected chi connectivity index (χ1v) is 6.45. The van der Waals surface area contributed by atoms with E-state index in [4.69, 9.17) is 0 Å². The Kier molecular flexibility index (Phi) is 3.41. The van der Waals surface area contributed by atoms with Crippen LogP contribution in [-0.4, -0.2) is 20.2 Å². The van der Waals surface area contributed by atoms with Crippen LogP contribution < -0.4 is 5.32 Å². The van der Waals surface area contributed by atoms with Crippen molar-refractivity contribution in [1.29, 1.82) is 0 Å². The number of hydrogen-bond donors (Lipinski definition) is 2. The molecule has 0 amide bonds. The van der Waals surface area contributed by atoms with Crippen molar-refractivity contribution in [3.8, 4) is 11.4 Å². The van der Waals surface area contributed by atoms with E-state index in [0.29, 0.717) is 6.54 Å². The van der Waals surface area contributed by atoms with Gasteiger partial charge in [-0.2, -0.15) is 5.10 Å². The summed E-state index contributed by atoms with van der Waals surface area (Å²) in [6.45, 7) is 2.54. The lowest BCUT2D eigenvalue weighted by molar-refractivity contribution is 1.04. The molecule has 5 nitrogen and oxygen atoms in total. The summed E-state index contributed by atoms with van der Waals surface area (Å²) in [5.41, 5.74) is 3.01. The number of rotatable bonds is 4. The zero-order valence-electron chi connectivity index (χ0n) is 11.2. The van der Waals surface area contributed by atoms with Gasteiger partial charge >= 0.3 is 0 Å². The number of pyridine rings is 1. The Hall–Kier alpha value is -2.69. The monoisotopic (exact) mass is 265 g/mol. The fourth-order valence-electron chi connectivity index (χ4n) is 2.00. The van der Waals surface area contributed by atoms with Crippen molar-refractivity contribution in [2.24, 2.45) is 0 Å². The molecule has 1 aromatic carbocycles. The Bertz CT molecular complexity index is 690. The summed E-state index contributed by atoms with van der Waals surface area (Å²) in [7, 11) is 0. The summed E-state index contributed by atoms with van der Waals surface area (Å²) in [6.07, 6.45) is 1.79. The number of nitrogens with one attached hydrogen (secondary N) is 2. The molecule has 0 saturated heterocycles. The number of anilines is 1. The van der Waals surface area contributed by atoms with Gasteiger partial charge in [0, 0.05) is 17.4 Å². The minimum absolute atomic E-state index is 0.672. The fourth-order valence-corrected chi connectivity index (χ4v) is 2.00. The summed E-state index contributed by atoms with van der Waals surface area (Å²) in [6, 6.07) is 13.9. The highest BCUT2D eigenvalue weighted by atomic mass is 15.2. The van der Waals surface area contributed by atoms with Gasteiger partial charge in [0.15, 0.2) is 5.82 Å². The number of aromatic amines is 1. The van der Waals surface area contributed by atoms with Gasteiger partial charge in [-0.3, -0.25) is 10.1 Å². The normalized spacial score (nSPS) is 10.4. The van der Waals surface area contributed by atoms with Crippen LogP contribution in [0.25, 0.3) is 11.4 Å². The van der Waals surface area contributed by atoms with Crippen LogP contribution in [0, 0.1) is 6.92 Å². The number of aromatic nitrogens is 4. The van der Waals surface area contributed by atoms with E-state index < -0.39 is 0 Å². The van der Waals surface area contributed by atoms with E-state index in [1.165, 1.54) is 0 Å². The molecule has 0 unspecified atom stereocenters. The summed E-state index contributed by atoms with van der Waals surface area (Å²) in [5, 5.41) is 10.4. The molecule has 3 rings (SSSR count). The highest BCUT2D eigenvalue weighted by molar-refractivity contribution is 5.73. The molecule has 2 heterocycles. The Balaban J connectivity index is 1.83. The van der Waals surface area contributed by atoms with Crippen molar-refractivity contribution in [1.82, 2.24) is 20.2 Å². The standard InChI is InChI=1S/C15H15N5/c1-11-18-15(20-19-11)13-7-2-3-8-14(13)17-10-12-6-4-5-9-16-12/h2-9,17H,10H2,1H3,(H,18,19,20). The van der Waals surface area contributed by atoms with Gasteiger partial charge in [-0.05, 0) is 31.2 Å². The molecular weight excluding hydrogens is 250 g/mol. The van der Waals surface area contributed by atoms with E-state index in [2.05, 4.69) is 25.5 Å². The fraction of sp³-hybridized carbons (Fsp3) is 0.133. The van der Waals surface area contributed by atoms with Crippen molar-refractivity contribution in [2.45, 2.75) is 13.5 Å². The maximum Gasteiger partial charge on any atom is 0.157 e. The van der Waals surface area contributed by atoms with Gasteiger partial charge in [-0.15, -0.1) is 0 Å². The van der Waals surface area contributed by atoms with E-state index in [9.17, 15) is 0 Å². The minimum atomic E-state index is 0.672. The third-order valence-corrected chi connectivity index (χ3v) is 2.97. The molecule has 100 valence electrons. The first kappa shape index (κ1) is 12.3. The van der Waals surface area contributed by atoms with Crippen LogP contribution in [0.5, 0.6) is 0 Å². The SMILES string of the molecule is Cc1n[nH]c(-c2ccccc2NCc2ccccn2)n1. The second-order valence-electron chi connectivity index (χ2n) is 4.45. The van der Waals surface area contributed by atoms with Gasteiger partial charge in [0.05, 0.1) is 12.2 Å². The largest absolute Gasteiger partial charge is 0.379 e. The first-order valence-electron chi connectivity index (χ1n) is 6.45. The molecule has 20 heavy (non-hydrogen) atoms. The second kappa shape index (κ2) is 5.52. The lowest BCUT2D eigenvalue weighted by atomic mass is 10.1. The Labute approximate surface area is 117 Å². The minimum Gasteiger partial charge on any atom is -0.379 e. The van der Waals surface area contributed by atoms with E-state index in [1.54, 1.807) is 6.20 Å². The maximum atomic E-state index is 4.37. The van der Waals surface area contributed by atoms with Crippen molar-refractivity contribution < 1.29 is 0 Å². The quantitative estimate of drug-likeness (QED) is 0.761. The van der Waals surface area contributed by atoms with Gasteiger partial charge in [0.2, 0.25) is 0 Å². The summed E-state index contributed by atoms with van der Waals surface area (Å²) < 4.78 is 0. The topological polar surface area (TPSA) is 66.5 Å². The van der Waals surface area contributed by atoms with Crippen LogP contribution in [0.3, 0.4) is 0 Å². The van der Waals surface area contributed by atoms with Crippen LogP contribution in [0.4, 0.5) is 5.69 Å². The highest BCUT2D eigenvalue weighted by Crippen LogP contribution is 2.25. The van der Waals surface area contributed by atoms with Crippen LogP contribution in [0.15, 0.2) is 48.7 Å². The van der Waals surface area contributed by atoms with Gasteiger partial charge in [-0.1, -0.05) is 18.2 Å². The zero-order valence-corrected chi connectivity index (χ0v) is 11.2. The Morgan fingerprint density at radius 2 is 1.95 bits per heavy atom. The average molecular weight is 265 g/mol. The number of H-pyrrole nitrogens is 1. The summed E-state index contributed by atoms with van der Waals surface area (Å²) in [4.78, 5) is 8.68. The molecule has 2 aromatic heterocycles. The van der Waals surface area contributed by atoms with Crippen molar-refractivity contribution in [2.75, 3.05) is 5.32 Å². The predicted octanol–water partition coefficient (Wildman–Crippen LogP) is 2.79. The molecule has 0 bridgehead atoms. The third-order valence-electron chi connectivity index (χ3n) is 2.97. The van der Waals surface area contributed by atoms with Crippen LogP contribution >= 0.6 is 0 Å². The molecule has 0 aliphatic heterocycles. The second-order valence-corrected chi connectivity index (χ2v) is 4.45. The lowest BCUT2D eigenvalue weighted by Crippen LogP contribution is -2.02. The van der Waals surface area contributed by atoms with E-state index in [1.807, 2.05) is 49.4 Å². The van der Waals surface area contributed by atoms with Gasteiger partial charge in [0.1, 0.15) is 5.82 Å². The van der Waals surface area contributed by atoms with Crippen molar-refractivity contribution >= 4 is 5.69 Å². The molecule has 0 spiro atoms. The smallest absolute Gasteiger partial charge is 0.157 e. The molecule has 0 saturated carbocycles. The van der Waals surface area contributed by atoms with Crippen LogP contribution in [0.1, 0.15) is 11.5 Å². The average Bonchev–Trinajstić information content (AvgIpc) is 2.93. The molecule has 5 heteroatoms. The van der Waals surface area contributed by atoms with E-state index in [0.717, 1.165) is 28.6 Å². The lowest BCUT2D eigenvalue weighted by Gasteiger charge is -2.09. The molecule has 0 atom stereocenters. The highest BCUT2D eigenvalue weighted by Gasteiger charge is 2.08. The van der Waals surface area contributed by atoms with E-state index in [-0.39, 0.29) is 0 Å². The number of benzene rings is 1. The van der Waals surface area contributed by atoms with E-state index >= 15 is 0 Å². The van der Waals surface area contributed by atoms with Gasteiger partial charge in [-0.25, -0.2) is 4.98 Å². The van der Waals surface area contributed by atoms with Gasteiger partial charge < -0.3 is 5.32 Å². The predicted molar refractivity (Wildman–Crippen MR) is 78.1 cm³/mol.